The minimum Gasteiger partial charge on any atom is -0.496 e. The standard InChI is InChI=1S/C24H40N4O3.HI/c1-7-25-23(27(5)17-22(29)28(8-2)9-3)26-18-24(12-14-31-15-13-24)20-16-19(4)10-11-21(20)30-6;/h10-11,16H,7-9,12-15,17-18H2,1-6H3,(H,25,26);1H. The molecule has 182 valence electrons. The Labute approximate surface area is 210 Å². The molecule has 1 saturated heterocycles. The Hall–Kier alpha value is -1.55. The number of aryl methyl sites for hydroxylation is 1. The molecule has 2 rings (SSSR count). The molecule has 0 atom stereocenters. The number of methoxy groups -OCH3 is 1. The number of guanidine groups is 1. The third-order valence-electron chi connectivity index (χ3n) is 6.09. The van der Waals surface area contributed by atoms with Gasteiger partial charge in [-0.25, -0.2) is 0 Å². The molecule has 1 aliphatic heterocycles. The number of carbonyl (C=O) groups excluding carboxylic acids is 1. The first-order valence-corrected chi connectivity index (χ1v) is 11.4. The van der Waals surface area contributed by atoms with Crippen molar-refractivity contribution >= 4 is 35.8 Å². The maximum Gasteiger partial charge on any atom is 0.242 e. The van der Waals surface area contributed by atoms with Crippen LogP contribution in [0.1, 0.15) is 44.7 Å². The molecule has 1 amide bonds. The van der Waals surface area contributed by atoms with Gasteiger partial charge < -0.3 is 24.6 Å². The van der Waals surface area contributed by atoms with Gasteiger partial charge in [-0.1, -0.05) is 17.7 Å². The molecule has 32 heavy (non-hydrogen) atoms. The number of hydrogen-bond acceptors (Lipinski definition) is 4. The molecule has 1 aromatic rings. The summed E-state index contributed by atoms with van der Waals surface area (Å²) in [5.41, 5.74) is 2.25. The van der Waals surface area contributed by atoms with Crippen LogP contribution in [0, 0.1) is 6.92 Å². The number of aliphatic imine (C=N–C) groups is 1. The molecule has 0 unspecified atom stereocenters. The summed E-state index contributed by atoms with van der Waals surface area (Å²) in [7, 11) is 3.65. The van der Waals surface area contributed by atoms with E-state index in [1.54, 1.807) is 7.11 Å². The molecule has 0 saturated carbocycles. The number of hydrogen-bond donors (Lipinski definition) is 1. The van der Waals surface area contributed by atoms with Gasteiger partial charge >= 0.3 is 0 Å². The van der Waals surface area contributed by atoms with Crippen LogP contribution in [0.3, 0.4) is 0 Å². The number of nitrogens with one attached hydrogen (secondary N) is 1. The van der Waals surface area contributed by atoms with Gasteiger partial charge in [0.15, 0.2) is 5.96 Å². The summed E-state index contributed by atoms with van der Waals surface area (Å²) in [6.45, 7) is 12.7. The van der Waals surface area contributed by atoms with Crippen LogP contribution < -0.4 is 10.1 Å². The van der Waals surface area contributed by atoms with Gasteiger partial charge in [0.05, 0.1) is 20.2 Å². The third-order valence-corrected chi connectivity index (χ3v) is 6.09. The van der Waals surface area contributed by atoms with Crippen LogP contribution in [-0.2, 0) is 14.9 Å². The normalized spacial score (nSPS) is 15.5. The molecule has 1 N–H and O–H groups in total. The van der Waals surface area contributed by atoms with Crippen molar-refractivity contribution in [3.63, 3.8) is 0 Å². The van der Waals surface area contributed by atoms with Crippen molar-refractivity contribution in [3.8, 4) is 5.75 Å². The van der Waals surface area contributed by atoms with E-state index in [-0.39, 0.29) is 35.3 Å². The van der Waals surface area contributed by atoms with Crippen LogP contribution in [0.2, 0.25) is 0 Å². The average Bonchev–Trinajstić information content (AvgIpc) is 2.78. The molecule has 0 aromatic heterocycles. The second-order valence-electron chi connectivity index (χ2n) is 8.19. The summed E-state index contributed by atoms with van der Waals surface area (Å²) in [5, 5.41) is 3.35. The number of benzene rings is 1. The number of amides is 1. The highest BCUT2D eigenvalue weighted by Gasteiger charge is 2.37. The van der Waals surface area contributed by atoms with Gasteiger partial charge in [-0.3, -0.25) is 9.79 Å². The summed E-state index contributed by atoms with van der Waals surface area (Å²) in [6, 6.07) is 6.35. The first kappa shape index (κ1) is 28.5. The van der Waals surface area contributed by atoms with Gasteiger partial charge in [0.2, 0.25) is 5.91 Å². The third kappa shape index (κ3) is 7.23. The van der Waals surface area contributed by atoms with E-state index >= 15 is 0 Å². The van der Waals surface area contributed by atoms with Crippen molar-refractivity contribution in [2.24, 2.45) is 4.99 Å². The highest BCUT2D eigenvalue weighted by molar-refractivity contribution is 14.0. The van der Waals surface area contributed by atoms with E-state index in [1.807, 2.05) is 43.7 Å². The summed E-state index contributed by atoms with van der Waals surface area (Å²) in [5.74, 6) is 1.76. The smallest absolute Gasteiger partial charge is 0.242 e. The molecule has 1 fully saturated rings. The number of nitrogens with zero attached hydrogens (tertiary/aromatic N) is 3. The number of ether oxygens (including phenoxy) is 2. The molecule has 7 nitrogen and oxygen atoms in total. The van der Waals surface area contributed by atoms with Crippen molar-refractivity contribution in [3.05, 3.63) is 29.3 Å². The Kier molecular flexibility index (Phi) is 12.3. The molecule has 1 heterocycles. The second kappa shape index (κ2) is 13.9. The van der Waals surface area contributed by atoms with E-state index in [9.17, 15) is 4.79 Å². The Bertz CT molecular complexity index is 747. The predicted molar refractivity (Wildman–Crippen MR) is 141 cm³/mol. The highest BCUT2D eigenvalue weighted by atomic mass is 127. The molecule has 1 aliphatic rings. The van der Waals surface area contributed by atoms with E-state index in [0.29, 0.717) is 39.4 Å². The number of carbonyl (C=O) groups is 1. The first-order chi connectivity index (χ1) is 14.9. The number of likely N-dealkylation sites (N-methyl/N-ethyl adjacent to an activating group) is 2. The number of halogens is 1. The Balaban J connectivity index is 0.00000512. The van der Waals surface area contributed by atoms with Gasteiger partial charge in [0, 0.05) is 50.9 Å². The monoisotopic (exact) mass is 560 g/mol. The first-order valence-electron chi connectivity index (χ1n) is 11.4. The molecule has 1 aromatic carbocycles. The van der Waals surface area contributed by atoms with E-state index in [1.165, 1.54) is 11.1 Å². The summed E-state index contributed by atoms with van der Waals surface area (Å²) in [4.78, 5) is 21.4. The molecule has 8 heteroatoms. The molecule has 0 aliphatic carbocycles. The minimum atomic E-state index is -0.153. The Morgan fingerprint density at radius 3 is 2.44 bits per heavy atom. The molecular weight excluding hydrogens is 519 g/mol. The fourth-order valence-electron chi connectivity index (χ4n) is 4.16. The summed E-state index contributed by atoms with van der Waals surface area (Å²) >= 11 is 0. The quantitative estimate of drug-likeness (QED) is 0.285. The van der Waals surface area contributed by atoms with Gasteiger partial charge in [-0.05, 0) is 46.6 Å². The van der Waals surface area contributed by atoms with Crippen molar-refractivity contribution < 1.29 is 14.3 Å². The van der Waals surface area contributed by atoms with Crippen molar-refractivity contribution in [1.82, 2.24) is 15.1 Å². The fraction of sp³-hybridized carbons (Fsp3) is 0.667. The molecule has 0 radical (unpaired) electrons. The maximum atomic E-state index is 12.6. The van der Waals surface area contributed by atoms with E-state index < -0.39 is 0 Å². The maximum absolute atomic E-state index is 12.6. The van der Waals surface area contributed by atoms with Crippen LogP contribution in [-0.4, -0.2) is 81.8 Å². The van der Waals surface area contributed by atoms with Crippen LogP contribution in [0.5, 0.6) is 5.75 Å². The van der Waals surface area contributed by atoms with Crippen LogP contribution in [0.15, 0.2) is 23.2 Å². The van der Waals surface area contributed by atoms with Gasteiger partial charge in [0.1, 0.15) is 5.75 Å². The summed E-state index contributed by atoms with van der Waals surface area (Å²) < 4.78 is 11.4. The minimum absolute atomic E-state index is 0. The lowest BCUT2D eigenvalue weighted by Crippen LogP contribution is -2.46. The van der Waals surface area contributed by atoms with E-state index in [0.717, 1.165) is 31.1 Å². The second-order valence-corrected chi connectivity index (χ2v) is 8.19. The van der Waals surface area contributed by atoms with Crippen LogP contribution >= 0.6 is 24.0 Å². The zero-order valence-corrected chi connectivity index (χ0v) is 22.9. The van der Waals surface area contributed by atoms with Crippen LogP contribution in [0.25, 0.3) is 0 Å². The fourth-order valence-corrected chi connectivity index (χ4v) is 4.16. The topological polar surface area (TPSA) is 66.4 Å². The van der Waals surface area contributed by atoms with Crippen LogP contribution in [0.4, 0.5) is 0 Å². The lowest BCUT2D eigenvalue weighted by Gasteiger charge is -2.38. The number of rotatable bonds is 9. The zero-order valence-electron chi connectivity index (χ0n) is 20.6. The Morgan fingerprint density at radius 2 is 1.88 bits per heavy atom. The van der Waals surface area contributed by atoms with Gasteiger partial charge in [0.25, 0.3) is 0 Å². The molecular formula is C24H41IN4O3. The van der Waals surface area contributed by atoms with Crippen molar-refractivity contribution in [1.29, 1.82) is 0 Å². The molecule has 0 bridgehead atoms. The molecule has 0 spiro atoms. The largest absolute Gasteiger partial charge is 0.496 e. The van der Waals surface area contributed by atoms with E-state index in [4.69, 9.17) is 14.5 Å². The van der Waals surface area contributed by atoms with E-state index in [2.05, 4.69) is 24.4 Å². The van der Waals surface area contributed by atoms with Crippen molar-refractivity contribution in [2.75, 3.05) is 60.1 Å². The zero-order chi connectivity index (χ0) is 22.9. The van der Waals surface area contributed by atoms with Gasteiger partial charge in [-0.2, -0.15) is 0 Å². The SMILES string of the molecule is CCNC(=NCC1(c2cc(C)ccc2OC)CCOCC1)N(C)CC(=O)N(CC)CC.I. The average molecular weight is 561 g/mol. The summed E-state index contributed by atoms with van der Waals surface area (Å²) in [6.07, 6.45) is 1.77. The van der Waals surface area contributed by atoms with Gasteiger partial charge in [-0.15, -0.1) is 24.0 Å². The highest BCUT2D eigenvalue weighted by Crippen LogP contribution is 2.40. The Morgan fingerprint density at radius 1 is 1.22 bits per heavy atom. The lowest BCUT2D eigenvalue weighted by atomic mass is 9.73. The predicted octanol–water partition coefficient (Wildman–Crippen LogP) is 3.44. The lowest BCUT2D eigenvalue weighted by molar-refractivity contribution is -0.131. The van der Waals surface area contributed by atoms with Crippen molar-refractivity contribution in [2.45, 2.75) is 46.0 Å².